The summed E-state index contributed by atoms with van der Waals surface area (Å²) in [5.74, 6) is 2.34. The quantitative estimate of drug-likeness (QED) is 0.213. The summed E-state index contributed by atoms with van der Waals surface area (Å²) in [4.78, 5) is 37.0. The number of thioether (sulfide) groups is 1. The van der Waals surface area contributed by atoms with Crippen LogP contribution in [-0.2, 0) is 10.5 Å². The molecule has 1 aromatic heterocycles. The molecule has 1 atom stereocenters. The Hall–Kier alpha value is -4.37. The van der Waals surface area contributed by atoms with Crippen molar-refractivity contribution in [2.75, 3.05) is 23.7 Å². The Bertz CT molecular complexity index is 1480. The summed E-state index contributed by atoms with van der Waals surface area (Å²) in [6.45, 7) is 3.90. The van der Waals surface area contributed by atoms with Crippen molar-refractivity contribution in [3.63, 3.8) is 0 Å². The second kappa shape index (κ2) is 14.0. The van der Waals surface area contributed by atoms with Gasteiger partial charge >= 0.3 is 5.97 Å². The third kappa shape index (κ3) is 7.88. The first-order valence-corrected chi connectivity index (χ1v) is 15.2. The van der Waals surface area contributed by atoms with E-state index in [9.17, 15) is 14.7 Å². The van der Waals surface area contributed by atoms with Crippen molar-refractivity contribution in [3.05, 3.63) is 102 Å². The van der Waals surface area contributed by atoms with Crippen LogP contribution in [-0.4, -0.2) is 51.8 Å². The Morgan fingerprint density at radius 3 is 2.26 bits per heavy atom. The highest BCUT2D eigenvalue weighted by Gasteiger charge is 2.24. The number of aliphatic carboxylic acids is 1. The minimum absolute atomic E-state index is 0.137. The molecule has 8 nitrogen and oxygen atoms in total. The molecule has 1 saturated heterocycles. The molecule has 2 heterocycles. The first kappa shape index (κ1) is 29.1. The highest BCUT2D eigenvalue weighted by molar-refractivity contribution is 7.98. The summed E-state index contributed by atoms with van der Waals surface area (Å²) in [5, 5.41) is 12.5. The van der Waals surface area contributed by atoms with Crippen molar-refractivity contribution in [1.29, 1.82) is 0 Å². The van der Waals surface area contributed by atoms with Crippen molar-refractivity contribution in [2.24, 2.45) is 5.92 Å². The molecule has 0 unspecified atom stereocenters. The number of carbonyl (C=O) groups excluding carboxylic acids is 1. The number of para-hydroxylation sites is 1. The fourth-order valence-electron chi connectivity index (χ4n) is 4.65. The third-order valence-corrected chi connectivity index (χ3v) is 8.25. The average molecular weight is 583 g/mol. The third-order valence-electron chi connectivity index (χ3n) is 7.14. The summed E-state index contributed by atoms with van der Waals surface area (Å²) in [6.07, 6.45) is 2.07. The summed E-state index contributed by atoms with van der Waals surface area (Å²) in [7, 11) is 0. The van der Waals surface area contributed by atoms with Gasteiger partial charge in [-0.2, -0.15) is 11.8 Å². The smallest absolute Gasteiger partial charge is 0.327 e. The summed E-state index contributed by atoms with van der Waals surface area (Å²) < 4.78 is 5.92. The minimum atomic E-state index is -1.09. The molecule has 1 fully saturated rings. The maximum atomic E-state index is 13.4. The average Bonchev–Trinajstić information content (AvgIpc) is 3.02. The topological polar surface area (TPSA) is 105 Å². The molecular weight excluding hydrogens is 548 g/mol. The van der Waals surface area contributed by atoms with E-state index in [-0.39, 0.29) is 11.4 Å². The monoisotopic (exact) mass is 582 g/mol. The van der Waals surface area contributed by atoms with Gasteiger partial charge < -0.3 is 20.1 Å². The molecule has 1 aliphatic heterocycles. The zero-order chi connectivity index (χ0) is 29.3. The summed E-state index contributed by atoms with van der Waals surface area (Å²) in [6, 6.07) is 27.3. The van der Waals surface area contributed by atoms with E-state index in [4.69, 9.17) is 9.72 Å². The molecule has 42 heavy (non-hydrogen) atoms. The molecule has 0 aliphatic carbocycles. The normalized spacial score (nSPS) is 14.3. The second-order valence-corrected chi connectivity index (χ2v) is 11.4. The Morgan fingerprint density at radius 1 is 0.952 bits per heavy atom. The predicted molar refractivity (Wildman–Crippen MR) is 166 cm³/mol. The molecular formula is C33H34N4O4S. The molecule has 1 aliphatic rings. The number of piperidine rings is 1. The van der Waals surface area contributed by atoms with Crippen LogP contribution < -0.4 is 15.0 Å². The van der Waals surface area contributed by atoms with E-state index >= 15 is 0 Å². The summed E-state index contributed by atoms with van der Waals surface area (Å²) >= 11 is 1.46. The SMILES string of the molecule is CC1CCN(c2cc(C(=O)N[C@@H](CSCc3ccccc3)C(=O)O)nc(-c3ccc(Oc4ccccc4)cc3)n2)CC1. The number of nitrogens with one attached hydrogen (secondary N) is 1. The van der Waals surface area contributed by atoms with E-state index in [2.05, 4.69) is 22.1 Å². The van der Waals surface area contributed by atoms with Gasteiger partial charge in [-0.25, -0.2) is 14.8 Å². The van der Waals surface area contributed by atoms with E-state index in [0.29, 0.717) is 29.1 Å². The van der Waals surface area contributed by atoms with Crippen LogP contribution in [0.15, 0.2) is 91.0 Å². The lowest BCUT2D eigenvalue weighted by atomic mass is 9.99. The number of benzene rings is 3. The maximum Gasteiger partial charge on any atom is 0.327 e. The van der Waals surface area contributed by atoms with Crippen LogP contribution in [0.1, 0.15) is 35.8 Å². The predicted octanol–water partition coefficient (Wildman–Crippen LogP) is 6.29. The van der Waals surface area contributed by atoms with Gasteiger partial charge in [-0.05, 0) is 60.7 Å². The van der Waals surface area contributed by atoms with Crippen LogP contribution in [0.25, 0.3) is 11.4 Å². The lowest BCUT2D eigenvalue weighted by Gasteiger charge is -2.31. The molecule has 0 spiro atoms. The Balaban J connectivity index is 1.35. The van der Waals surface area contributed by atoms with Crippen LogP contribution in [0.5, 0.6) is 11.5 Å². The number of anilines is 1. The minimum Gasteiger partial charge on any atom is -0.480 e. The lowest BCUT2D eigenvalue weighted by molar-refractivity contribution is -0.138. The van der Waals surface area contributed by atoms with Crippen molar-refractivity contribution in [1.82, 2.24) is 15.3 Å². The molecule has 0 saturated carbocycles. The van der Waals surface area contributed by atoms with Crippen molar-refractivity contribution < 1.29 is 19.4 Å². The molecule has 9 heteroatoms. The van der Waals surface area contributed by atoms with Gasteiger partial charge in [0.2, 0.25) is 0 Å². The van der Waals surface area contributed by atoms with Gasteiger partial charge in [0.25, 0.3) is 5.91 Å². The highest BCUT2D eigenvalue weighted by atomic mass is 32.2. The number of aromatic nitrogens is 2. The molecule has 5 rings (SSSR count). The number of ether oxygens (including phenoxy) is 1. The van der Waals surface area contributed by atoms with Crippen LogP contribution in [0.4, 0.5) is 5.82 Å². The van der Waals surface area contributed by atoms with Crippen molar-refractivity contribution in [3.8, 4) is 22.9 Å². The largest absolute Gasteiger partial charge is 0.480 e. The Labute approximate surface area is 250 Å². The zero-order valence-corrected chi connectivity index (χ0v) is 24.3. The van der Waals surface area contributed by atoms with E-state index in [1.165, 1.54) is 11.8 Å². The number of hydrogen-bond acceptors (Lipinski definition) is 7. The van der Waals surface area contributed by atoms with E-state index in [1.54, 1.807) is 6.07 Å². The van der Waals surface area contributed by atoms with Crippen molar-refractivity contribution in [2.45, 2.75) is 31.6 Å². The lowest BCUT2D eigenvalue weighted by Crippen LogP contribution is -2.43. The number of carbonyl (C=O) groups is 2. The number of rotatable bonds is 11. The van der Waals surface area contributed by atoms with Crippen LogP contribution in [0, 0.1) is 5.92 Å². The first-order valence-electron chi connectivity index (χ1n) is 14.1. The molecule has 1 amide bonds. The second-order valence-electron chi connectivity index (χ2n) is 10.4. The first-order chi connectivity index (χ1) is 20.4. The van der Waals surface area contributed by atoms with Crippen molar-refractivity contribution >= 4 is 29.5 Å². The van der Waals surface area contributed by atoms with E-state index in [0.717, 1.165) is 42.8 Å². The number of carboxylic acid groups (broad SMARTS) is 1. The van der Waals surface area contributed by atoms with Crippen LogP contribution in [0.3, 0.4) is 0 Å². The van der Waals surface area contributed by atoms with E-state index < -0.39 is 17.9 Å². The fraction of sp³-hybridized carbons (Fsp3) is 0.273. The van der Waals surface area contributed by atoms with Crippen LogP contribution >= 0.6 is 11.8 Å². The van der Waals surface area contributed by atoms with Gasteiger partial charge in [-0.15, -0.1) is 0 Å². The standard InChI is InChI=1S/C33H34N4O4S/c1-23-16-18-37(19-17-23)30-20-28(32(38)35-29(33(39)40)22-42-21-24-8-4-2-5-9-24)34-31(36-30)25-12-14-27(15-13-25)41-26-10-6-3-7-11-26/h2-15,20,23,29H,16-19,21-22H2,1H3,(H,35,38)(H,39,40)/t29-/m0/s1. The molecule has 4 aromatic rings. The van der Waals surface area contributed by atoms with Gasteiger partial charge in [0, 0.05) is 36.2 Å². The number of hydrogen-bond donors (Lipinski definition) is 2. The Morgan fingerprint density at radius 2 is 1.60 bits per heavy atom. The van der Waals surface area contributed by atoms with Gasteiger partial charge in [0.1, 0.15) is 29.1 Å². The van der Waals surface area contributed by atoms with Gasteiger partial charge in [0.05, 0.1) is 0 Å². The number of amides is 1. The molecule has 0 bridgehead atoms. The van der Waals surface area contributed by atoms with E-state index in [1.807, 2.05) is 84.9 Å². The van der Waals surface area contributed by atoms with Gasteiger partial charge in [0.15, 0.2) is 5.82 Å². The molecule has 216 valence electrons. The summed E-state index contributed by atoms with van der Waals surface area (Å²) in [5.41, 5.74) is 1.96. The van der Waals surface area contributed by atoms with Crippen LogP contribution in [0.2, 0.25) is 0 Å². The number of nitrogens with zero attached hydrogens (tertiary/aromatic N) is 3. The maximum absolute atomic E-state index is 13.4. The fourth-order valence-corrected chi connectivity index (χ4v) is 5.66. The highest BCUT2D eigenvalue weighted by Crippen LogP contribution is 2.27. The van der Waals surface area contributed by atoms with Gasteiger partial charge in [-0.3, -0.25) is 4.79 Å². The van der Waals surface area contributed by atoms with Gasteiger partial charge in [-0.1, -0.05) is 55.5 Å². The molecule has 2 N–H and O–H groups in total. The zero-order valence-electron chi connectivity index (χ0n) is 23.5. The Kier molecular flexibility index (Phi) is 9.71. The molecule has 0 radical (unpaired) electrons. The number of carboxylic acids is 1. The molecule has 3 aromatic carbocycles.